The topological polar surface area (TPSA) is 77.1 Å². The number of piperidine rings is 1. The Bertz CT molecular complexity index is 771. The molecule has 0 N–H and O–H groups in total. The van der Waals surface area contributed by atoms with Crippen molar-refractivity contribution in [2.75, 3.05) is 24.6 Å². The summed E-state index contributed by atoms with van der Waals surface area (Å²) in [5.41, 5.74) is -0.239. The van der Waals surface area contributed by atoms with Crippen LogP contribution in [0.4, 0.5) is 5.00 Å². The number of thiophene rings is 1. The second kappa shape index (κ2) is 10.5. The minimum atomic E-state index is -0.651. The SMILES string of the molecule is CCCC1CCN(c2ccc(/C=C/C(C(=O)OCC)=C(C#N)C#N)s2)CC1. The minimum absolute atomic E-state index is 0.00261. The van der Waals surface area contributed by atoms with E-state index in [1.165, 1.54) is 36.8 Å². The third kappa shape index (κ3) is 5.70. The number of ether oxygens (including phenoxy) is 1. The minimum Gasteiger partial charge on any atom is -0.462 e. The van der Waals surface area contributed by atoms with Gasteiger partial charge in [-0.3, -0.25) is 0 Å². The lowest BCUT2D eigenvalue weighted by atomic mass is 9.93. The van der Waals surface area contributed by atoms with Crippen molar-refractivity contribution >= 4 is 28.4 Å². The summed E-state index contributed by atoms with van der Waals surface area (Å²) in [5, 5.41) is 19.4. The molecule has 0 aromatic carbocycles. The molecular formula is C21H25N3O2S. The van der Waals surface area contributed by atoms with Gasteiger partial charge in [-0.2, -0.15) is 10.5 Å². The van der Waals surface area contributed by atoms with Gasteiger partial charge in [-0.15, -0.1) is 11.3 Å². The number of hydrogen-bond donors (Lipinski definition) is 0. The highest BCUT2D eigenvalue weighted by Crippen LogP contribution is 2.32. The van der Waals surface area contributed by atoms with E-state index >= 15 is 0 Å². The normalized spacial score (nSPS) is 14.6. The smallest absolute Gasteiger partial charge is 0.340 e. The quantitative estimate of drug-likeness (QED) is 0.295. The number of rotatable bonds is 7. The first-order valence-electron chi connectivity index (χ1n) is 9.37. The predicted molar refractivity (Wildman–Crippen MR) is 108 cm³/mol. The van der Waals surface area contributed by atoms with Crippen molar-refractivity contribution in [1.82, 2.24) is 0 Å². The summed E-state index contributed by atoms with van der Waals surface area (Å²) in [6.45, 7) is 6.28. The van der Waals surface area contributed by atoms with Crippen LogP contribution in [-0.2, 0) is 9.53 Å². The van der Waals surface area contributed by atoms with Crippen LogP contribution in [0.5, 0.6) is 0 Å². The van der Waals surface area contributed by atoms with Crippen molar-refractivity contribution in [3.63, 3.8) is 0 Å². The van der Waals surface area contributed by atoms with Crippen molar-refractivity contribution in [2.24, 2.45) is 5.92 Å². The highest BCUT2D eigenvalue weighted by molar-refractivity contribution is 7.16. The lowest BCUT2D eigenvalue weighted by Crippen LogP contribution is -2.32. The summed E-state index contributed by atoms with van der Waals surface area (Å²) in [7, 11) is 0. The number of hydrogen-bond acceptors (Lipinski definition) is 6. The van der Waals surface area contributed by atoms with Gasteiger partial charge in [0.2, 0.25) is 0 Å². The molecule has 1 saturated heterocycles. The van der Waals surface area contributed by atoms with Gasteiger partial charge < -0.3 is 9.64 Å². The van der Waals surface area contributed by atoms with Gasteiger partial charge in [0.15, 0.2) is 0 Å². The number of carbonyl (C=O) groups excluding carboxylic acids is 1. The largest absolute Gasteiger partial charge is 0.462 e. The molecule has 1 aliphatic heterocycles. The first-order valence-corrected chi connectivity index (χ1v) is 10.2. The van der Waals surface area contributed by atoms with Gasteiger partial charge in [0.25, 0.3) is 0 Å². The van der Waals surface area contributed by atoms with Crippen LogP contribution in [-0.4, -0.2) is 25.7 Å². The van der Waals surface area contributed by atoms with Gasteiger partial charge in [-0.25, -0.2) is 4.79 Å². The van der Waals surface area contributed by atoms with Crippen LogP contribution in [0.1, 0.15) is 44.4 Å². The zero-order valence-corrected chi connectivity index (χ0v) is 16.7. The molecule has 0 aliphatic carbocycles. The average Bonchev–Trinajstić information content (AvgIpc) is 3.15. The molecule has 1 aromatic rings. The summed E-state index contributed by atoms with van der Waals surface area (Å²) in [6.07, 6.45) is 8.31. The van der Waals surface area contributed by atoms with Gasteiger partial charge >= 0.3 is 5.97 Å². The van der Waals surface area contributed by atoms with Crippen molar-refractivity contribution in [1.29, 1.82) is 10.5 Å². The highest BCUT2D eigenvalue weighted by atomic mass is 32.1. The lowest BCUT2D eigenvalue weighted by molar-refractivity contribution is -0.138. The molecule has 0 bridgehead atoms. The molecule has 0 saturated carbocycles. The first-order chi connectivity index (χ1) is 13.1. The van der Waals surface area contributed by atoms with Crippen molar-refractivity contribution in [2.45, 2.75) is 39.5 Å². The second-order valence-corrected chi connectivity index (χ2v) is 7.55. The molecule has 1 aliphatic rings. The van der Waals surface area contributed by atoms with E-state index in [9.17, 15) is 4.79 Å². The first kappa shape index (κ1) is 20.7. The van der Waals surface area contributed by atoms with Crippen LogP contribution in [0, 0.1) is 28.6 Å². The fourth-order valence-electron chi connectivity index (χ4n) is 3.23. The maximum absolute atomic E-state index is 12.0. The monoisotopic (exact) mass is 383 g/mol. The Hall–Kier alpha value is -2.57. The van der Waals surface area contributed by atoms with Gasteiger partial charge in [-0.05, 0) is 50.0 Å². The van der Waals surface area contributed by atoms with Crippen molar-refractivity contribution < 1.29 is 9.53 Å². The lowest BCUT2D eigenvalue weighted by Gasteiger charge is -2.32. The molecule has 27 heavy (non-hydrogen) atoms. The Balaban J connectivity index is 2.10. The van der Waals surface area contributed by atoms with Gasteiger partial charge in [0, 0.05) is 18.0 Å². The maximum Gasteiger partial charge on any atom is 0.340 e. The Labute approximate surface area is 165 Å². The predicted octanol–water partition coefficient (Wildman–Crippen LogP) is 4.68. The summed E-state index contributed by atoms with van der Waals surface area (Å²) in [6, 6.07) is 7.61. The van der Waals surface area contributed by atoms with E-state index in [1.54, 1.807) is 36.5 Å². The van der Waals surface area contributed by atoms with Crippen LogP contribution in [0.15, 0.2) is 29.4 Å². The maximum atomic E-state index is 12.0. The fraction of sp³-hybridized carbons (Fsp3) is 0.476. The van der Waals surface area contributed by atoms with Crippen LogP contribution in [0.2, 0.25) is 0 Å². The number of nitrogens with zero attached hydrogens (tertiary/aromatic N) is 3. The van der Waals surface area contributed by atoms with E-state index in [4.69, 9.17) is 15.3 Å². The van der Waals surface area contributed by atoms with Crippen molar-refractivity contribution in [3.05, 3.63) is 34.2 Å². The van der Waals surface area contributed by atoms with E-state index in [-0.39, 0.29) is 17.8 Å². The Morgan fingerprint density at radius 1 is 1.30 bits per heavy atom. The summed E-state index contributed by atoms with van der Waals surface area (Å²) in [4.78, 5) is 15.4. The van der Waals surface area contributed by atoms with Crippen LogP contribution in [0.25, 0.3) is 6.08 Å². The summed E-state index contributed by atoms with van der Waals surface area (Å²) < 4.78 is 4.95. The molecule has 142 valence electrons. The molecule has 0 spiro atoms. The van der Waals surface area contributed by atoms with E-state index in [2.05, 4.69) is 17.9 Å². The molecule has 0 amide bonds. The summed E-state index contributed by atoms with van der Waals surface area (Å²) >= 11 is 1.65. The van der Waals surface area contributed by atoms with E-state index in [0.29, 0.717) is 0 Å². The van der Waals surface area contributed by atoms with Crippen LogP contribution < -0.4 is 4.90 Å². The molecule has 5 nitrogen and oxygen atoms in total. The molecule has 6 heteroatoms. The number of esters is 1. The third-order valence-corrected chi connectivity index (χ3v) is 5.75. The Morgan fingerprint density at radius 3 is 2.59 bits per heavy atom. The average molecular weight is 384 g/mol. The van der Waals surface area contributed by atoms with Crippen molar-refractivity contribution in [3.8, 4) is 12.1 Å². The van der Waals surface area contributed by atoms with Gasteiger partial charge in [0.05, 0.1) is 17.2 Å². The fourth-order valence-corrected chi connectivity index (χ4v) is 4.19. The van der Waals surface area contributed by atoms with Crippen LogP contribution in [0.3, 0.4) is 0 Å². The molecule has 0 radical (unpaired) electrons. The summed E-state index contributed by atoms with van der Waals surface area (Å²) in [5.74, 6) is 0.194. The molecule has 1 aromatic heterocycles. The standard InChI is InChI=1S/C21H25N3O2S/c1-3-5-16-10-12-24(13-11-16)20-9-7-18(27-20)6-8-19(17(14-22)15-23)21(25)26-4-2/h6-9,16H,3-5,10-13H2,1-2H3/b8-6+. The number of anilines is 1. The molecule has 0 atom stereocenters. The molecule has 1 fully saturated rings. The number of carbonyl (C=O) groups is 1. The Morgan fingerprint density at radius 2 is 2.00 bits per heavy atom. The van der Waals surface area contributed by atoms with Gasteiger partial charge in [0.1, 0.15) is 17.7 Å². The molecular weight excluding hydrogens is 358 g/mol. The molecule has 0 unspecified atom stereocenters. The number of allylic oxidation sites excluding steroid dienone is 1. The van der Waals surface area contributed by atoms with E-state index in [1.807, 2.05) is 6.07 Å². The zero-order chi connectivity index (χ0) is 19.6. The third-order valence-electron chi connectivity index (χ3n) is 4.64. The Kier molecular flexibility index (Phi) is 8.10. The number of nitriles is 2. The van der Waals surface area contributed by atoms with E-state index in [0.717, 1.165) is 23.9 Å². The second-order valence-electron chi connectivity index (χ2n) is 6.46. The van der Waals surface area contributed by atoms with Gasteiger partial charge in [-0.1, -0.05) is 19.8 Å². The molecule has 2 rings (SSSR count). The highest BCUT2D eigenvalue weighted by Gasteiger charge is 2.20. The van der Waals surface area contributed by atoms with E-state index < -0.39 is 5.97 Å². The molecule has 2 heterocycles. The zero-order valence-electron chi connectivity index (χ0n) is 15.9. The van der Waals surface area contributed by atoms with Crippen LogP contribution >= 0.6 is 11.3 Å².